The molecule has 1 unspecified atom stereocenters. The third kappa shape index (κ3) is 7.46. The smallest absolute Gasteiger partial charge is 0.475 e. The summed E-state index contributed by atoms with van der Waals surface area (Å²) < 4.78 is 58.8. The highest BCUT2D eigenvalue weighted by atomic mass is 32.2. The largest absolute Gasteiger partial charge is 0.490 e. The number of halogens is 3. The minimum absolute atomic E-state index is 0.314. The Morgan fingerprint density at radius 2 is 2.04 bits per heavy atom. The fraction of sp³-hybridized carbons (Fsp3) is 0.733. The number of rotatable bonds is 6. The van der Waals surface area contributed by atoms with Crippen molar-refractivity contribution in [2.45, 2.75) is 38.0 Å². The van der Waals surface area contributed by atoms with Gasteiger partial charge < -0.3 is 9.67 Å². The molecule has 1 fully saturated rings. The monoisotopic (exact) mass is 412 g/mol. The van der Waals surface area contributed by atoms with Crippen molar-refractivity contribution >= 4 is 16.0 Å². The highest BCUT2D eigenvalue weighted by Crippen LogP contribution is 2.32. The predicted octanol–water partition coefficient (Wildman–Crippen LogP) is 1.22. The van der Waals surface area contributed by atoms with Gasteiger partial charge in [-0.3, -0.25) is 4.90 Å². The van der Waals surface area contributed by atoms with Crippen molar-refractivity contribution in [2.75, 3.05) is 25.9 Å². The van der Waals surface area contributed by atoms with Crippen LogP contribution in [0.4, 0.5) is 13.2 Å². The van der Waals surface area contributed by atoms with Crippen LogP contribution in [-0.4, -0.2) is 66.0 Å². The molecule has 3 rings (SSSR count). The molecule has 0 bridgehead atoms. The number of hydrogen-bond donors (Lipinski definition) is 2. The van der Waals surface area contributed by atoms with Crippen LogP contribution in [0.15, 0.2) is 12.5 Å². The Labute approximate surface area is 155 Å². The number of fused-ring (bicyclic) bond motifs is 1. The molecular weight excluding hydrogens is 389 g/mol. The summed E-state index contributed by atoms with van der Waals surface area (Å²) >= 11 is 0. The molecular formula is C15H23F3N4O4S. The first kappa shape index (κ1) is 21.6. The molecule has 0 spiro atoms. The fourth-order valence-corrected chi connectivity index (χ4v) is 3.40. The molecule has 0 radical (unpaired) electrons. The van der Waals surface area contributed by atoms with Crippen LogP contribution in [0, 0.1) is 5.92 Å². The van der Waals surface area contributed by atoms with Crippen molar-refractivity contribution in [1.29, 1.82) is 0 Å². The number of nitrogens with zero attached hydrogens (tertiary/aromatic N) is 3. The number of carbonyl (C=O) groups is 1. The molecule has 12 heteroatoms. The first-order chi connectivity index (χ1) is 12.5. The van der Waals surface area contributed by atoms with E-state index in [1.807, 2.05) is 12.5 Å². The number of alkyl halides is 3. The van der Waals surface area contributed by atoms with Gasteiger partial charge in [-0.05, 0) is 25.2 Å². The quantitative estimate of drug-likeness (QED) is 0.728. The van der Waals surface area contributed by atoms with Gasteiger partial charge in [0.25, 0.3) is 0 Å². The molecule has 1 aromatic rings. The summed E-state index contributed by atoms with van der Waals surface area (Å²) in [4.78, 5) is 15.6. The number of aliphatic carboxylic acids is 1. The van der Waals surface area contributed by atoms with Gasteiger partial charge in [-0.1, -0.05) is 0 Å². The summed E-state index contributed by atoms with van der Waals surface area (Å²) in [5, 5.41) is 7.12. The summed E-state index contributed by atoms with van der Waals surface area (Å²) in [7, 11) is -3.10. The van der Waals surface area contributed by atoms with Gasteiger partial charge in [0.05, 0.1) is 18.3 Å². The van der Waals surface area contributed by atoms with Gasteiger partial charge in [-0.15, -0.1) is 0 Å². The van der Waals surface area contributed by atoms with Gasteiger partial charge in [-0.25, -0.2) is 22.9 Å². The first-order valence-corrected chi connectivity index (χ1v) is 10.3. The van der Waals surface area contributed by atoms with Crippen molar-refractivity contribution in [3.05, 3.63) is 18.2 Å². The van der Waals surface area contributed by atoms with Gasteiger partial charge in [0.15, 0.2) is 0 Å². The molecule has 1 atom stereocenters. The Hall–Kier alpha value is -1.66. The van der Waals surface area contributed by atoms with Crippen molar-refractivity contribution in [3.63, 3.8) is 0 Å². The predicted molar refractivity (Wildman–Crippen MR) is 90.4 cm³/mol. The van der Waals surface area contributed by atoms with Crippen molar-refractivity contribution in [3.8, 4) is 0 Å². The van der Waals surface area contributed by atoms with Crippen molar-refractivity contribution < 1.29 is 31.5 Å². The van der Waals surface area contributed by atoms with E-state index in [1.165, 1.54) is 31.3 Å². The van der Waals surface area contributed by atoms with Crippen LogP contribution in [-0.2, 0) is 21.4 Å². The third-order valence-electron chi connectivity index (χ3n) is 4.29. The van der Waals surface area contributed by atoms with Crippen LogP contribution in [0.1, 0.15) is 31.0 Å². The third-order valence-corrected chi connectivity index (χ3v) is 5.02. The number of aromatic nitrogens is 2. The second-order valence-electron chi connectivity index (χ2n) is 6.84. The Balaban J connectivity index is 0.000000321. The highest BCUT2D eigenvalue weighted by Gasteiger charge is 2.38. The highest BCUT2D eigenvalue weighted by molar-refractivity contribution is 7.88. The average Bonchev–Trinajstić information content (AvgIpc) is 3.19. The number of hydrogen-bond acceptors (Lipinski definition) is 5. The fourth-order valence-electron chi connectivity index (χ4n) is 2.91. The maximum Gasteiger partial charge on any atom is 0.490 e. The van der Waals surface area contributed by atoms with E-state index in [2.05, 4.69) is 19.2 Å². The minimum atomic E-state index is -5.08. The van der Waals surface area contributed by atoms with E-state index in [0.717, 1.165) is 25.4 Å². The lowest BCUT2D eigenvalue weighted by atomic mass is 10.1. The molecule has 27 heavy (non-hydrogen) atoms. The van der Waals surface area contributed by atoms with E-state index in [4.69, 9.17) is 9.90 Å². The van der Waals surface area contributed by atoms with E-state index >= 15 is 0 Å². The topological polar surface area (TPSA) is 105 Å². The lowest BCUT2D eigenvalue weighted by Crippen LogP contribution is -2.39. The molecule has 2 aliphatic rings. The average molecular weight is 412 g/mol. The van der Waals surface area contributed by atoms with E-state index in [9.17, 15) is 21.6 Å². The molecule has 2 N–H and O–H groups in total. The second kappa shape index (κ2) is 8.57. The molecule has 1 aliphatic carbocycles. The maximum absolute atomic E-state index is 11.1. The van der Waals surface area contributed by atoms with Crippen LogP contribution in [0.25, 0.3) is 0 Å². The van der Waals surface area contributed by atoms with E-state index in [0.29, 0.717) is 12.6 Å². The van der Waals surface area contributed by atoms with E-state index in [-0.39, 0.29) is 0 Å². The summed E-state index contributed by atoms with van der Waals surface area (Å²) in [5.74, 6) is -1.88. The van der Waals surface area contributed by atoms with Crippen molar-refractivity contribution in [1.82, 2.24) is 19.2 Å². The zero-order chi connectivity index (χ0) is 20.2. The normalized spacial score (nSPS) is 20.5. The minimum Gasteiger partial charge on any atom is -0.475 e. The second-order valence-corrected chi connectivity index (χ2v) is 8.67. The Kier molecular flexibility index (Phi) is 6.87. The van der Waals surface area contributed by atoms with Gasteiger partial charge in [0, 0.05) is 38.4 Å². The lowest BCUT2D eigenvalue weighted by Gasteiger charge is -2.34. The Morgan fingerprint density at radius 1 is 1.41 bits per heavy atom. The molecule has 0 aromatic carbocycles. The van der Waals surface area contributed by atoms with Gasteiger partial charge in [0.1, 0.15) is 0 Å². The van der Waals surface area contributed by atoms with Gasteiger partial charge in [0.2, 0.25) is 10.0 Å². The number of carboxylic acid groups (broad SMARTS) is 1. The summed E-state index contributed by atoms with van der Waals surface area (Å²) in [6, 6.07) is 0.314. The first-order valence-electron chi connectivity index (χ1n) is 8.43. The molecule has 1 saturated carbocycles. The van der Waals surface area contributed by atoms with Gasteiger partial charge >= 0.3 is 12.1 Å². The number of carboxylic acids is 1. The van der Waals surface area contributed by atoms with Crippen molar-refractivity contribution in [2.24, 2.45) is 5.92 Å². The zero-order valence-corrected chi connectivity index (χ0v) is 15.6. The summed E-state index contributed by atoms with van der Waals surface area (Å²) in [6.07, 6.45) is 3.44. The number of nitrogens with one attached hydrogen (secondary N) is 1. The number of imidazole rings is 1. The maximum atomic E-state index is 11.1. The molecule has 154 valence electrons. The van der Waals surface area contributed by atoms with E-state index < -0.39 is 22.2 Å². The van der Waals surface area contributed by atoms with Crippen LogP contribution in [0.5, 0.6) is 0 Å². The molecule has 1 aliphatic heterocycles. The molecule has 2 heterocycles. The molecule has 0 saturated heterocycles. The van der Waals surface area contributed by atoms with Crippen LogP contribution < -0.4 is 4.72 Å². The SMILES string of the molecule is CS(=O)(=O)NCCC1CN(CC2CC2)Cc2cncn21.O=C(O)C(F)(F)F. The van der Waals surface area contributed by atoms with Crippen LogP contribution in [0.3, 0.4) is 0 Å². The lowest BCUT2D eigenvalue weighted by molar-refractivity contribution is -0.192. The van der Waals surface area contributed by atoms with Crippen LogP contribution in [0.2, 0.25) is 0 Å². The Morgan fingerprint density at radius 3 is 2.56 bits per heavy atom. The van der Waals surface area contributed by atoms with Crippen LogP contribution >= 0.6 is 0 Å². The summed E-state index contributed by atoms with van der Waals surface area (Å²) in [5.41, 5.74) is 1.24. The summed E-state index contributed by atoms with van der Waals surface area (Å²) in [6.45, 7) is 3.61. The van der Waals surface area contributed by atoms with E-state index in [1.54, 1.807) is 0 Å². The standard InChI is InChI=1S/C13H22N4O2S.C2HF3O2/c1-20(18,19)15-5-4-12-8-16(7-11-2-3-11)9-13-6-14-10-17(12)13;3-2(4,5)1(6)7/h6,10-12,15H,2-5,7-9H2,1H3;(H,6,7). The molecule has 0 amide bonds. The molecule has 8 nitrogen and oxygen atoms in total. The molecule has 1 aromatic heterocycles. The number of sulfonamides is 1. The van der Waals surface area contributed by atoms with Gasteiger partial charge in [-0.2, -0.15) is 13.2 Å². The zero-order valence-electron chi connectivity index (χ0n) is 14.8. The Bertz CT molecular complexity index is 746.